The minimum absolute atomic E-state index is 0.126. The molecular weight excluding hydrogens is 262 g/mol. The lowest BCUT2D eigenvalue weighted by atomic mass is 9.94. The lowest BCUT2D eigenvalue weighted by Crippen LogP contribution is -2.59. The van der Waals surface area contributed by atoms with E-state index >= 15 is 0 Å². The number of aliphatic hydroxyl groups is 1. The van der Waals surface area contributed by atoms with Crippen molar-refractivity contribution in [2.75, 3.05) is 39.3 Å². The zero-order valence-corrected chi connectivity index (χ0v) is 14.3. The minimum Gasteiger partial charge on any atom is -0.394 e. The van der Waals surface area contributed by atoms with Crippen LogP contribution in [0, 0.1) is 0 Å². The van der Waals surface area contributed by atoms with Crippen LogP contribution in [0.1, 0.15) is 52.9 Å². The number of piperazine rings is 1. The molecule has 2 rings (SSSR count). The molecule has 3 unspecified atom stereocenters. The Morgan fingerprint density at radius 1 is 1.29 bits per heavy atom. The van der Waals surface area contributed by atoms with E-state index in [4.69, 9.17) is 0 Å². The Hall–Kier alpha value is -0.160. The summed E-state index contributed by atoms with van der Waals surface area (Å²) in [5.41, 5.74) is -0.126. The molecule has 2 N–H and O–H groups in total. The molecule has 2 aliphatic heterocycles. The van der Waals surface area contributed by atoms with Crippen LogP contribution >= 0.6 is 0 Å². The topological polar surface area (TPSA) is 38.7 Å². The molecule has 0 aromatic heterocycles. The Bertz CT molecular complexity index is 312. The smallest absolute Gasteiger partial charge is 0.0611 e. The first-order valence-corrected chi connectivity index (χ1v) is 8.92. The first kappa shape index (κ1) is 17.2. The van der Waals surface area contributed by atoms with Crippen molar-refractivity contribution in [2.45, 2.75) is 70.5 Å². The Morgan fingerprint density at radius 3 is 2.81 bits per heavy atom. The van der Waals surface area contributed by atoms with Gasteiger partial charge in [-0.2, -0.15) is 0 Å². The molecule has 2 fully saturated rings. The van der Waals surface area contributed by atoms with Crippen LogP contribution in [0.4, 0.5) is 0 Å². The van der Waals surface area contributed by atoms with Gasteiger partial charge in [-0.15, -0.1) is 0 Å². The van der Waals surface area contributed by atoms with Gasteiger partial charge in [-0.3, -0.25) is 9.80 Å². The second-order valence-corrected chi connectivity index (χ2v) is 7.38. The van der Waals surface area contributed by atoms with E-state index in [1.54, 1.807) is 0 Å². The SMILES string of the molecule is CCCNC(C)(CO)CCN1CC2CCCCN2CC1C. The number of hydrogen-bond donors (Lipinski definition) is 2. The predicted octanol–water partition coefficient (Wildman–Crippen LogP) is 1.69. The first-order valence-electron chi connectivity index (χ1n) is 8.92. The molecule has 2 aliphatic rings. The fourth-order valence-electron chi connectivity index (χ4n) is 3.76. The Labute approximate surface area is 130 Å². The van der Waals surface area contributed by atoms with E-state index < -0.39 is 0 Å². The maximum absolute atomic E-state index is 9.71. The van der Waals surface area contributed by atoms with Gasteiger partial charge < -0.3 is 10.4 Å². The molecule has 0 aliphatic carbocycles. The highest BCUT2D eigenvalue weighted by atomic mass is 16.3. The van der Waals surface area contributed by atoms with Gasteiger partial charge in [0.25, 0.3) is 0 Å². The van der Waals surface area contributed by atoms with E-state index in [0.29, 0.717) is 6.04 Å². The molecule has 0 amide bonds. The second kappa shape index (κ2) is 7.91. The van der Waals surface area contributed by atoms with Crippen molar-refractivity contribution in [3.63, 3.8) is 0 Å². The molecule has 0 saturated carbocycles. The third-order valence-electron chi connectivity index (χ3n) is 5.42. The average Bonchev–Trinajstić information content (AvgIpc) is 2.51. The van der Waals surface area contributed by atoms with Crippen LogP contribution in [-0.4, -0.2) is 71.9 Å². The van der Waals surface area contributed by atoms with E-state index in [1.165, 1.54) is 38.9 Å². The molecule has 2 saturated heterocycles. The zero-order valence-electron chi connectivity index (χ0n) is 14.3. The molecule has 21 heavy (non-hydrogen) atoms. The van der Waals surface area contributed by atoms with E-state index in [-0.39, 0.29) is 12.1 Å². The fraction of sp³-hybridized carbons (Fsp3) is 1.00. The van der Waals surface area contributed by atoms with E-state index in [9.17, 15) is 5.11 Å². The summed E-state index contributed by atoms with van der Waals surface area (Å²) in [6, 6.07) is 1.42. The summed E-state index contributed by atoms with van der Waals surface area (Å²) >= 11 is 0. The van der Waals surface area contributed by atoms with E-state index in [2.05, 4.69) is 35.9 Å². The number of nitrogens with one attached hydrogen (secondary N) is 1. The maximum Gasteiger partial charge on any atom is 0.0611 e. The summed E-state index contributed by atoms with van der Waals surface area (Å²) in [4.78, 5) is 5.35. The number of hydrogen-bond acceptors (Lipinski definition) is 4. The highest BCUT2D eigenvalue weighted by molar-refractivity contribution is 4.91. The number of fused-ring (bicyclic) bond motifs is 1. The molecule has 4 nitrogen and oxygen atoms in total. The van der Waals surface area contributed by atoms with Crippen molar-refractivity contribution >= 4 is 0 Å². The van der Waals surface area contributed by atoms with Gasteiger partial charge >= 0.3 is 0 Å². The first-order chi connectivity index (χ1) is 10.1. The van der Waals surface area contributed by atoms with Gasteiger partial charge in [-0.1, -0.05) is 13.3 Å². The van der Waals surface area contributed by atoms with Crippen LogP contribution in [0.25, 0.3) is 0 Å². The summed E-state index contributed by atoms with van der Waals surface area (Å²) in [5.74, 6) is 0. The van der Waals surface area contributed by atoms with Crippen molar-refractivity contribution in [3.8, 4) is 0 Å². The minimum atomic E-state index is -0.126. The quantitative estimate of drug-likeness (QED) is 0.750. The third-order valence-corrected chi connectivity index (χ3v) is 5.42. The monoisotopic (exact) mass is 297 g/mol. The van der Waals surface area contributed by atoms with E-state index in [0.717, 1.165) is 32.0 Å². The number of piperidine rings is 1. The van der Waals surface area contributed by atoms with Crippen LogP contribution in [0.15, 0.2) is 0 Å². The molecule has 0 spiro atoms. The average molecular weight is 297 g/mol. The zero-order chi connectivity index (χ0) is 15.3. The molecule has 2 heterocycles. The standard InChI is InChI=1S/C17H35N3O/c1-4-9-18-17(3,14-21)8-11-19-13-16-7-5-6-10-20(16)12-15(19)2/h15-16,18,21H,4-14H2,1-3H3. The summed E-state index contributed by atoms with van der Waals surface area (Å²) in [6.07, 6.45) is 6.30. The summed E-state index contributed by atoms with van der Waals surface area (Å²) in [6.45, 7) is 12.8. The lowest BCUT2D eigenvalue weighted by Gasteiger charge is -2.48. The van der Waals surface area contributed by atoms with Crippen molar-refractivity contribution in [2.24, 2.45) is 0 Å². The van der Waals surface area contributed by atoms with Crippen LogP contribution in [0.2, 0.25) is 0 Å². The second-order valence-electron chi connectivity index (χ2n) is 7.38. The third kappa shape index (κ3) is 4.65. The number of rotatable bonds is 7. The highest BCUT2D eigenvalue weighted by Crippen LogP contribution is 2.24. The molecule has 0 aromatic carbocycles. The van der Waals surface area contributed by atoms with Crippen LogP contribution in [-0.2, 0) is 0 Å². The van der Waals surface area contributed by atoms with Gasteiger partial charge in [0, 0.05) is 37.3 Å². The number of aliphatic hydroxyl groups excluding tert-OH is 1. The van der Waals surface area contributed by atoms with Gasteiger partial charge in [-0.25, -0.2) is 0 Å². The highest BCUT2D eigenvalue weighted by Gasteiger charge is 2.33. The van der Waals surface area contributed by atoms with Crippen molar-refractivity contribution in [1.82, 2.24) is 15.1 Å². The summed E-state index contributed by atoms with van der Waals surface area (Å²) in [5, 5.41) is 13.2. The molecule has 124 valence electrons. The Balaban J connectivity index is 1.83. The fourth-order valence-corrected chi connectivity index (χ4v) is 3.76. The summed E-state index contributed by atoms with van der Waals surface area (Å²) < 4.78 is 0. The molecule has 0 bridgehead atoms. The van der Waals surface area contributed by atoms with Gasteiger partial charge in [0.2, 0.25) is 0 Å². The van der Waals surface area contributed by atoms with Gasteiger partial charge in [-0.05, 0) is 52.6 Å². The van der Waals surface area contributed by atoms with Crippen molar-refractivity contribution in [1.29, 1.82) is 0 Å². The molecule has 4 heteroatoms. The molecule has 0 aromatic rings. The lowest BCUT2D eigenvalue weighted by molar-refractivity contribution is 0.00911. The normalized spacial score (nSPS) is 30.9. The molecule has 3 atom stereocenters. The van der Waals surface area contributed by atoms with Gasteiger partial charge in [0.15, 0.2) is 0 Å². The van der Waals surface area contributed by atoms with Gasteiger partial charge in [0.1, 0.15) is 0 Å². The Morgan fingerprint density at radius 2 is 2.10 bits per heavy atom. The maximum atomic E-state index is 9.71. The predicted molar refractivity (Wildman–Crippen MR) is 88.6 cm³/mol. The molecular formula is C17H35N3O. The largest absolute Gasteiger partial charge is 0.394 e. The Kier molecular flexibility index (Phi) is 6.48. The molecule has 0 radical (unpaired) electrons. The summed E-state index contributed by atoms with van der Waals surface area (Å²) in [7, 11) is 0. The van der Waals surface area contributed by atoms with E-state index in [1.807, 2.05) is 0 Å². The van der Waals surface area contributed by atoms with Crippen molar-refractivity contribution in [3.05, 3.63) is 0 Å². The van der Waals surface area contributed by atoms with Crippen LogP contribution < -0.4 is 5.32 Å². The van der Waals surface area contributed by atoms with Gasteiger partial charge in [0.05, 0.1) is 6.61 Å². The number of nitrogens with zero attached hydrogens (tertiary/aromatic N) is 2. The van der Waals surface area contributed by atoms with Crippen molar-refractivity contribution < 1.29 is 5.11 Å². The van der Waals surface area contributed by atoms with Crippen LogP contribution in [0.3, 0.4) is 0 Å². The van der Waals surface area contributed by atoms with Crippen LogP contribution in [0.5, 0.6) is 0 Å².